The molecule has 2 fully saturated rings. The number of halogens is 1. The maximum Gasteiger partial charge on any atom is 0.317 e. The van der Waals surface area contributed by atoms with Crippen molar-refractivity contribution >= 4 is 22.6 Å². The highest BCUT2D eigenvalue weighted by Gasteiger charge is 2.23. The number of nitrogens with one attached hydrogen (secondary N) is 2. The first-order valence-corrected chi connectivity index (χ1v) is 14.2. The second kappa shape index (κ2) is 12.7. The van der Waals surface area contributed by atoms with E-state index in [1.165, 1.54) is 12.3 Å². The summed E-state index contributed by atoms with van der Waals surface area (Å²) >= 11 is 0. The summed E-state index contributed by atoms with van der Waals surface area (Å²) in [5.74, 6) is -0.0249. The van der Waals surface area contributed by atoms with Crippen molar-refractivity contribution in [2.45, 2.75) is 45.7 Å². The number of aryl methyl sites for hydroxylation is 1. The van der Waals surface area contributed by atoms with E-state index >= 15 is 0 Å². The highest BCUT2D eigenvalue weighted by atomic mass is 19.1. The van der Waals surface area contributed by atoms with Gasteiger partial charge in [0.15, 0.2) is 0 Å². The van der Waals surface area contributed by atoms with Crippen LogP contribution in [0.2, 0.25) is 0 Å². The zero-order valence-electron chi connectivity index (χ0n) is 23.0. The number of morpholine rings is 1. The fourth-order valence-electron chi connectivity index (χ4n) is 5.45. The minimum absolute atomic E-state index is 0.0245. The van der Waals surface area contributed by atoms with E-state index in [0.29, 0.717) is 5.92 Å². The van der Waals surface area contributed by atoms with E-state index in [4.69, 9.17) is 9.84 Å². The lowest BCUT2D eigenvalue weighted by molar-refractivity contribution is 0.0368. The Morgan fingerprint density at radius 1 is 1.10 bits per heavy atom. The Morgan fingerprint density at radius 3 is 2.64 bits per heavy atom. The van der Waals surface area contributed by atoms with Crippen molar-refractivity contribution in [1.29, 1.82) is 0 Å². The number of anilines is 1. The number of urea groups is 1. The van der Waals surface area contributed by atoms with E-state index in [-0.39, 0.29) is 12.1 Å². The number of hydrogen-bond donors (Lipinski definition) is 2. The number of likely N-dealkylation sites (tertiary alicyclic amines) is 1. The van der Waals surface area contributed by atoms with Crippen molar-refractivity contribution < 1.29 is 13.9 Å². The summed E-state index contributed by atoms with van der Waals surface area (Å²) in [4.78, 5) is 20.4. The molecular formula is C29H40FN7O2. The molecule has 4 heterocycles. The molecule has 2 aromatic heterocycles. The molecule has 2 saturated heterocycles. The number of ether oxygens (including phenoxy) is 1. The molecule has 0 saturated carbocycles. The number of hydrogen-bond acceptors (Lipinski definition) is 6. The summed E-state index contributed by atoms with van der Waals surface area (Å²) in [7, 11) is 0. The van der Waals surface area contributed by atoms with Crippen LogP contribution in [-0.2, 0) is 11.3 Å². The molecule has 2 amide bonds. The molecule has 210 valence electrons. The van der Waals surface area contributed by atoms with Gasteiger partial charge in [-0.15, -0.1) is 0 Å². The number of aromatic nitrogens is 3. The van der Waals surface area contributed by atoms with Crippen LogP contribution in [0, 0.1) is 11.9 Å². The van der Waals surface area contributed by atoms with Gasteiger partial charge in [-0.05, 0) is 68.4 Å². The lowest BCUT2D eigenvalue weighted by Gasteiger charge is -2.32. The van der Waals surface area contributed by atoms with Gasteiger partial charge in [-0.2, -0.15) is 9.49 Å². The third-order valence-electron chi connectivity index (χ3n) is 7.67. The minimum Gasteiger partial charge on any atom is -0.384 e. The first kappa shape index (κ1) is 27.3. The molecule has 1 aromatic carbocycles. The Hall–Kier alpha value is -3.24. The van der Waals surface area contributed by atoms with Gasteiger partial charge in [0.25, 0.3) is 0 Å². The number of piperidine rings is 1. The second-order valence-corrected chi connectivity index (χ2v) is 10.9. The Labute approximate surface area is 229 Å². The first-order chi connectivity index (χ1) is 19.0. The predicted molar refractivity (Wildman–Crippen MR) is 151 cm³/mol. The van der Waals surface area contributed by atoms with Crippen molar-refractivity contribution in [3.63, 3.8) is 0 Å². The fraction of sp³-hybridized carbons (Fsp3) is 0.552. The smallest absolute Gasteiger partial charge is 0.317 e. The van der Waals surface area contributed by atoms with Crippen LogP contribution in [0.5, 0.6) is 0 Å². The molecule has 2 aliphatic heterocycles. The van der Waals surface area contributed by atoms with Crippen LogP contribution < -0.4 is 10.6 Å². The van der Waals surface area contributed by atoms with E-state index in [0.717, 1.165) is 106 Å². The van der Waals surface area contributed by atoms with Crippen LogP contribution in [-0.4, -0.2) is 89.1 Å². The molecule has 39 heavy (non-hydrogen) atoms. The quantitative estimate of drug-likeness (QED) is 0.398. The zero-order valence-corrected chi connectivity index (χ0v) is 23.0. The van der Waals surface area contributed by atoms with Crippen LogP contribution >= 0.6 is 0 Å². The van der Waals surface area contributed by atoms with Gasteiger partial charge >= 0.3 is 6.03 Å². The van der Waals surface area contributed by atoms with Gasteiger partial charge < -0.3 is 20.3 Å². The number of pyridine rings is 1. The summed E-state index contributed by atoms with van der Waals surface area (Å²) in [5, 5.41) is 12.5. The number of fused-ring (bicyclic) bond motifs is 1. The van der Waals surface area contributed by atoms with E-state index in [2.05, 4.69) is 37.3 Å². The van der Waals surface area contributed by atoms with Gasteiger partial charge in [0.1, 0.15) is 0 Å². The van der Waals surface area contributed by atoms with Crippen molar-refractivity contribution in [2.24, 2.45) is 5.92 Å². The predicted octanol–water partition coefficient (Wildman–Crippen LogP) is 4.20. The van der Waals surface area contributed by atoms with E-state index in [1.807, 2.05) is 31.0 Å². The first-order valence-electron chi connectivity index (χ1n) is 14.2. The van der Waals surface area contributed by atoms with Crippen molar-refractivity contribution in [3.05, 3.63) is 42.6 Å². The molecular weight excluding hydrogens is 497 g/mol. The maximum absolute atomic E-state index is 14.0. The van der Waals surface area contributed by atoms with Gasteiger partial charge in [0.05, 0.1) is 24.9 Å². The standard InChI is InChI=1S/C29H40FN7O2/c1-21(2)34-29(38)36-10-5-22(6-11-36)19-32-26-16-24(23-4-7-31-28(30)18-23)17-27-25(26)20-33-37(27)9-3-8-35-12-14-39-15-13-35/h4,7,16-18,20-22,32H,3,5-6,8-15,19H2,1-2H3,(H,34,38). The minimum atomic E-state index is -0.491. The summed E-state index contributed by atoms with van der Waals surface area (Å²) in [6.45, 7) is 11.7. The second-order valence-electron chi connectivity index (χ2n) is 10.9. The molecule has 0 radical (unpaired) electrons. The average Bonchev–Trinajstić information content (AvgIpc) is 3.35. The van der Waals surface area contributed by atoms with Crippen LogP contribution in [0.25, 0.3) is 22.0 Å². The molecule has 2 aliphatic rings. The molecule has 9 nitrogen and oxygen atoms in total. The third-order valence-corrected chi connectivity index (χ3v) is 7.67. The summed E-state index contributed by atoms with van der Waals surface area (Å²) in [6, 6.07) is 7.66. The van der Waals surface area contributed by atoms with Gasteiger partial charge in [-0.3, -0.25) is 9.58 Å². The molecule has 2 N–H and O–H groups in total. The Balaban J connectivity index is 1.29. The van der Waals surface area contributed by atoms with Crippen molar-refractivity contribution in [3.8, 4) is 11.1 Å². The monoisotopic (exact) mass is 537 g/mol. The lowest BCUT2D eigenvalue weighted by atomic mass is 9.96. The van der Waals surface area contributed by atoms with Gasteiger partial charge in [0, 0.05) is 75.2 Å². The summed E-state index contributed by atoms with van der Waals surface area (Å²) < 4.78 is 21.5. The Kier molecular flexibility index (Phi) is 8.93. The molecule has 3 aromatic rings. The SMILES string of the molecule is CC(C)NC(=O)N1CCC(CNc2cc(-c3ccnc(F)c3)cc3c2cnn3CCCN2CCOCC2)CC1. The normalized spacial score (nSPS) is 17.2. The average molecular weight is 538 g/mol. The van der Waals surface area contributed by atoms with Crippen molar-refractivity contribution in [2.75, 3.05) is 57.8 Å². The lowest BCUT2D eigenvalue weighted by Crippen LogP contribution is -2.47. The fourth-order valence-corrected chi connectivity index (χ4v) is 5.45. The van der Waals surface area contributed by atoms with Crippen LogP contribution in [0.15, 0.2) is 36.7 Å². The molecule has 10 heteroatoms. The van der Waals surface area contributed by atoms with E-state index in [9.17, 15) is 9.18 Å². The number of benzene rings is 1. The highest BCUT2D eigenvalue weighted by Crippen LogP contribution is 2.32. The zero-order chi connectivity index (χ0) is 27.2. The topological polar surface area (TPSA) is 87.6 Å². The van der Waals surface area contributed by atoms with Gasteiger partial charge in [-0.25, -0.2) is 9.78 Å². The summed E-state index contributed by atoms with van der Waals surface area (Å²) in [5.41, 5.74) is 3.76. The van der Waals surface area contributed by atoms with Crippen LogP contribution in [0.3, 0.4) is 0 Å². The molecule has 0 unspecified atom stereocenters. The molecule has 0 atom stereocenters. The number of carbonyl (C=O) groups is 1. The third kappa shape index (κ3) is 7.05. The molecule has 0 aliphatic carbocycles. The Bertz CT molecular complexity index is 1250. The highest BCUT2D eigenvalue weighted by molar-refractivity contribution is 5.95. The largest absolute Gasteiger partial charge is 0.384 e. The number of amides is 2. The molecule has 0 bridgehead atoms. The van der Waals surface area contributed by atoms with Gasteiger partial charge in [0.2, 0.25) is 5.95 Å². The van der Waals surface area contributed by atoms with Crippen LogP contribution in [0.1, 0.15) is 33.1 Å². The van der Waals surface area contributed by atoms with E-state index in [1.54, 1.807) is 0 Å². The van der Waals surface area contributed by atoms with E-state index < -0.39 is 5.95 Å². The van der Waals surface area contributed by atoms with Crippen molar-refractivity contribution in [1.82, 2.24) is 29.9 Å². The number of carbonyl (C=O) groups excluding carboxylic acids is 1. The summed E-state index contributed by atoms with van der Waals surface area (Å²) in [6.07, 6.45) is 6.35. The number of rotatable bonds is 9. The maximum atomic E-state index is 14.0. The van der Waals surface area contributed by atoms with Crippen LogP contribution in [0.4, 0.5) is 14.9 Å². The molecule has 0 spiro atoms. The van der Waals surface area contributed by atoms with Gasteiger partial charge in [-0.1, -0.05) is 0 Å². The number of nitrogens with zero attached hydrogens (tertiary/aromatic N) is 5. The Morgan fingerprint density at radius 2 is 1.90 bits per heavy atom. The molecule has 5 rings (SSSR count).